The van der Waals surface area contributed by atoms with E-state index in [9.17, 15) is 22.7 Å². The number of hydrazine groups is 1. The van der Waals surface area contributed by atoms with Gasteiger partial charge in [-0.1, -0.05) is 12.1 Å². The number of aromatic nitrogens is 2. The Labute approximate surface area is 297 Å². The average molecular weight is 722 g/mol. The molecule has 12 nitrogen and oxygen atoms in total. The maximum absolute atomic E-state index is 15.1. The molecular weight excluding hydrogens is 681 g/mol. The molecule has 2 atom stereocenters. The summed E-state index contributed by atoms with van der Waals surface area (Å²) < 4.78 is 52.2. The Morgan fingerprint density at radius 2 is 1.67 bits per heavy atom. The van der Waals surface area contributed by atoms with Crippen LogP contribution in [0, 0.1) is 11.7 Å². The largest absolute Gasteiger partial charge is 0.480 e. The number of fused-ring (bicyclic) bond motifs is 1. The molecule has 270 valence electrons. The third kappa shape index (κ3) is 7.82. The topological polar surface area (TPSA) is 137 Å². The number of piperidine rings is 1. The quantitative estimate of drug-likeness (QED) is 0.151. The first-order chi connectivity index (χ1) is 24.6. The lowest BCUT2D eigenvalue weighted by Crippen LogP contribution is -2.49. The van der Waals surface area contributed by atoms with Crippen molar-refractivity contribution < 1.29 is 32.2 Å². The predicted octanol–water partition coefficient (Wildman–Crippen LogP) is 4.42. The Morgan fingerprint density at radius 3 is 2.33 bits per heavy atom. The van der Waals surface area contributed by atoms with E-state index in [1.807, 2.05) is 23.1 Å². The second-order valence-electron chi connectivity index (χ2n) is 13.6. The lowest BCUT2D eigenvalue weighted by Gasteiger charge is -2.39. The Kier molecular flexibility index (Phi) is 10.4. The van der Waals surface area contributed by atoms with Crippen LogP contribution in [0.25, 0.3) is 22.2 Å². The van der Waals surface area contributed by atoms with Crippen LogP contribution in [0.15, 0.2) is 60.9 Å². The summed E-state index contributed by atoms with van der Waals surface area (Å²) in [6.07, 6.45) is 4.32. The number of benzene rings is 2. The van der Waals surface area contributed by atoms with Crippen LogP contribution >= 0.6 is 0 Å². The van der Waals surface area contributed by atoms with Gasteiger partial charge in [0.1, 0.15) is 17.6 Å². The van der Waals surface area contributed by atoms with Gasteiger partial charge in [-0.2, -0.15) is 4.41 Å². The van der Waals surface area contributed by atoms with Gasteiger partial charge in [-0.15, -0.1) is 0 Å². The molecule has 7 rings (SSSR count). The summed E-state index contributed by atoms with van der Waals surface area (Å²) in [6, 6.07) is 13.6. The summed E-state index contributed by atoms with van der Waals surface area (Å²) >= 11 is -2.56. The molecule has 3 aliphatic heterocycles. The van der Waals surface area contributed by atoms with Gasteiger partial charge in [0, 0.05) is 73.9 Å². The van der Waals surface area contributed by atoms with E-state index in [1.165, 1.54) is 23.3 Å². The summed E-state index contributed by atoms with van der Waals surface area (Å²) in [7, 11) is 0. The fraction of sp³-hybridized carbons (Fsp3) is 0.417. The van der Waals surface area contributed by atoms with Gasteiger partial charge in [0.25, 0.3) is 11.3 Å². The first kappa shape index (κ1) is 35.1. The van der Waals surface area contributed by atoms with Gasteiger partial charge in [-0.05, 0) is 80.2 Å². The molecule has 0 amide bonds. The predicted molar refractivity (Wildman–Crippen MR) is 191 cm³/mol. The number of hydrogen-bond acceptors (Lipinski definition) is 8. The molecule has 4 aromatic rings. The number of aliphatic carboxylic acids is 1. The third-order valence-corrected chi connectivity index (χ3v) is 11.0. The van der Waals surface area contributed by atoms with Gasteiger partial charge in [-0.25, -0.2) is 23.0 Å². The number of nitrogens with zero attached hydrogens (tertiary/aromatic N) is 6. The number of ketones is 1. The number of likely N-dealkylation sites (tertiary alicyclic amines) is 1. The van der Waals surface area contributed by atoms with Gasteiger partial charge < -0.3 is 15.0 Å². The number of carboxylic acid groups (broad SMARTS) is 1. The summed E-state index contributed by atoms with van der Waals surface area (Å²) in [4.78, 5) is 39.2. The molecule has 3 saturated heterocycles. The number of pyridine rings is 1. The molecule has 15 heteroatoms. The van der Waals surface area contributed by atoms with Crippen molar-refractivity contribution in [3.63, 3.8) is 0 Å². The number of hydrogen-bond donors (Lipinski definition) is 3. The number of carboxylic acids is 1. The lowest BCUT2D eigenvalue weighted by atomic mass is 9.96. The van der Waals surface area contributed by atoms with Crippen LogP contribution in [0.2, 0.25) is 0 Å². The van der Waals surface area contributed by atoms with Crippen molar-refractivity contribution in [2.45, 2.75) is 25.4 Å². The molecule has 0 radical (unpaired) electrons. The molecule has 1 unspecified atom stereocenters. The molecule has 5 heterocycles. The fourth-order valence-corrected chi connectivity index (χ4v) is 8.09. The lowest BCUT2D eigenvalue weighted by molar-refractivity contribution is -0.138. The first-order valence-electron chi connectivity index (χ1n) is 17.3. The molecular formula is C36H41F2N7O5S. The molecule has 0 spiro atoms. The van der Waals surface area contributed by atoms with Crippen molar-refractivity contribution in [1.29, 1.82) is 0 Å². The van der Waals surface area contributed by atoms with Crippen LogP contribution in [0.1, 0.15) is 35.2 Å². The van der Waals surface area contributed by atoms with E-state index in [0.717, 1.165) is 85.9 Å². The minimum atomic E-state index is -2.56. The highest BCUT2D eigenvalue weighted by atomic mass is 32.2. The van der Waals surface area contributed by atoms with Gasteiger partial charge in [0.05, 0.1) is 24.3 Å². The molecule has 0 aliphatic carbocycles. The third-order valence-electron chi connectivity index (χ3n) is 10.2. The number of carbonyl (C=O) groups excluding carboxylic acids is 1. The molecule has 0 bridgehead atoms. The highest BCUT2D eigenvalue weighted by Crippen LogP contribution is 2.31. The number of piperazine rings is 1. The van der Waals surface area contributed by atoms with Crippen molar-refractivity contribution in [1.82, 2.24) is 24.8 Å². The van der Waals surface area contributed by atoms with Crippen LogP contribution in [0.4, 0.5) is 20.2 Å². The SMILES string of the molecule is O=C(O)CN1CCC(CN2CCN(c3ccc(-c4cnc5[nH]cc(C(=O)c6cc(N(N7CC[C@@H](F)C7)S(=O)O)ccc6F)c5c4)cc3)CC2)CC1. The molecule has 0 saturated carbocycles. The number of rotatable bonds is 11. The first-order valence-corrected chi connectivity index (χ1v) is 18.3. The number of carbonyl (C=O) groups is 2. The van der Waals surface area contributed by atoms with Crippen LogP contribution in [-0.4, -0.2) is 122 Å². The van der Waals surface area contributed by atoms with Crippen molar-refractivity contribution in [2.75, 3.05) is 74.8 Å². The van der Waals surface area contributed by atoms with Gasteiger partial charge in [-0.3, -0.25) is 23.9 Å². The van der Waals surface area contributed by atoms with Gasteiger partial charge in [0.2, 0.25) is 0 Å². The molecule has 51 heavy (non-hydrogen) atoms. The normalized spacial score (nSPS) is 20.2. The highest BCUT2D eigenvalue weighted by molar-refractivity contribution is 7.80. The summed E-state index contributed by atoms with van der Waals surface area (Å²) in [5.74, 6) is -1.57. The second-order valence-corrected chi connectivity index (χ2v) is 14.4. The monoisotopic (exact) mass is 721 g/mol. The van der Waals surface area contributed by atoms with E-state index in [0.29, 0.717) is 17.0 Å². The Morgan fingerprint density at radius 1 is 0.922 bits per heavy atom. The number of nitrogens with one attached hydrogen (secondary N) is 1. The number of alkyl halides is 1. The van der Waals surface area contributed by atoms with E-state index in [4.69, 9.17) is 5.11 Å². The summed E-state index contributed by atoms with van der Waals surface area (Å²) in [6.45, 7) is 6.76. The summed E-state index contributed by atoms with van der Waals surface area (Å²) in [5.41, 5.74) is 3.30. The van der Waals surface area contributed by atoms with Crippen LogP contribution in [-0.2, 0) is 16.1 Å². The molecule has 3 fully saturated rings. The number of halogens is 2. The van der Waals surface area contributed by atoms with E-state index >= 15 is 4.39 Å². The molecule has 2 aromatic carbocycles. The minimum absolute atomic E-state index is 0.0824. The highest BCUT2D eigenvalue weighted by Gasteiger charge is 2.31. The maximum atomic E-state index is 15.1. The molecule has 3 aliphatic rings. The van der Waals surface area contributed by atoms with Crippen molar-refractivity contribution in [2.24, 2.45) is 5.92 Å². The van der Waals surface area contributed by atoms with Gasteiger partial charge in [0.15, 0.2) is 5.78 Å². The fourth-order valence-electron chi connectivity index (χ4n) is 7.45. The van der Waals surface area contributed by atoms with Crippen LogP contribution in [0.3, 0.4) is 0 Å². The Bertz CT molecular complexity index is 1910. The van der Waals surface area contributed by atoms with E-state index in [2.05, 4.69) is 31.9 Å². The summed E-state index contributed by atoms with van der Waals surface area (Å²) in [5, 5.41) is 10.9. The number of anilines is 2. The van der Waals surface area contributed by atoms with Crippen molar-refractivity contribution in [3.8, 4) is 11.1 Å². The van der Waals surface area contributed by atoms with Crippen LogP contribution in [0.5, 0.6) is 0 Å². The standard InChI is InChI=1S/C36H41F2N7O5S/c37-27-9-12-44(22-27)45(51(49)50)29-5-6-33(38)31(18-29)35(48)32-20-40-36-30(32)17-26(19-39-36)25-1-3-28(4-2-25)43-15-13-42(14-16-43)21-24-7-10-41(11-8-24)23-34(46)47/h1-6,17-20,24,27H,7-16,21-23H2,(H,39,40)(H,46,47)(H,49,50)/t27-/m1/s1. The minimum Gasteiger partial charge on any atom is -0.480 e. The zero-order valence-electron chi connectivity index (χ0n) is 28.1. The number of H-pyrrole nitrogens is 1. The second kappa shape index (κ2) is 15.1. The van der Waals surface area contributed by atoms with E-state index in [1.54, 1.807) is 6.20 Å². The number of aromatic amines is 1. The maximum Gasteiger partial charge on any atom is 0.317 e. The zero-order valence-corrected chi connectivity index (χ0v) is 28.9. The van der Waals surface area contributed by atoms with Crippen molar-refractivity contribution in [3.05, 3.63) is 77.9 Å². The van der Waals surface area contributed by atoms with Gasteiger partial charge >= 0.3 is 5.97 Å². The molecule has 2 aromatic heterocycles. The van der Waals surface area contributed by atoms with Crippen LogP contribution < -0.4 is 9.31 Å². The zero-order chi connectivity index (χ0) is 35.6. The van der Waals surface area contributed by atoms with Crippen molar-refractivity contribution >= 4 is 45.4 Å². The average Bonchev–Trinajstić information content (AvgIpc) is 3.75. The smallest absolute Gasteiger partial charge is 0.317 e. The van der Waals surface area contributed by atoms with E-state index in [-0.39, 0.29) is 42.9 Å². The van der Waals surface area contributed by atoms with E-state index < -0.39 is 35.0 Å². The Hall–Kier alpha value is -4.28. The molecule has 3 N–H and O–H groups in total. The Balaban J connectivity index is 1.01.